The molecular formula is C17H16N4OS. The largest absolute Gasteiger partial charge is 0.497 e. The zero-order valence-electron chi connectivity index (χ0n) is 13.4. The number of aromatic nitrogens is 4. The van der Waals surface area contributed by atoms with E-state index in [4.69, 9.17) is 9.72 Å². The van der Waals surface area contributed by atoms with E-state index in [2.05, 4.69) is 23.9 Å². The molecule has 4 aromatic rings. The lowest BCUT2D eigenvalue weighted by Gasteiger charge is -1.99. The summed E-state index contributed by atoms with van der Waals surface area (Å²) in [5.74, 6) is 2.37. The van der Waals surface area contributed by atoms with E-state index in [0.717, 1.165) is 33.0 Å². The summed E-state index contributed by atoms with van der Waals surface area (Å²) in [6, 6.07) is 7.78. The van der Waals surface area contributed by atoms with Crippen molar-refractivity contribution in [3.63, 3.8) is 0 Å². The Labute approximate surface area is 137 Å². The number of fused-ring (bicyclic) bond motifs is 3. The van der Waals surface area contributed by atoms with E-state index in [9.17, 15) is 0 Å². The number of benzene rings is 1. The van der Waals surface area contributed by atoms with Crippen molar-refractivity contribution in [2.75, 3.05) is 7.11 Å². The van der Waals surface area contributed by atoms with Crippen LogP contribution in [0.3, 0.4) is 0 Å². The molecule has 0 saturated carbocycles. The van der Waals surface area contributed by atoms with Gasteiger partial charge in [0.15, 0.2) is 11.5 Å². The molecule has 6 heteroatoms. The highest BCUT2D eigenvalue weighted by Crippen LogP contribution is 2.32. The third-order valence-corrected chi connectivity index (χ3v) is 5.22. The standard InChI is InChI=1S/C17H16N4OS/c1-9-10(2)23-17-14(9)16-19-15(20-21(16)11(3)18-17)12-5-7-13(22-4)8-6-12/h5-8H,1-4H3. The maximum Gasteiger partial charge on any atom is 0.182 e. The van der Waals surface area contributed by atoms with E-state index in [-0.39, 0.29) is 0 Å². The van der Waals surface area contributed by atoms with Crippen molar-refractivity contribution in [3.05, 3.63) is 40.5 Å². The number of thiophene rings is 1. The van der Waals surface area contributed by atoms with Crippen LogP contribution in [-0.2, 0) is 0 Å². The summed E-state index contributed by atoms with van der Waals surface area (Å²) >= 11 is 1.71. The molecule has 0 spiro atoms. The average molecular weight is 324 g/mol. The fourth-order valence-electron chi connectivity index (χ4n) is 2.71. The predicted molar refractivity (Wildman–Crippen MR) is 92.4 cm³/mol. The van der Waals surface area contributed by atoms with Gasteiger partial charge in [0.1, 0.15) is 16.4 Å². The van der Waals surface area contributed by atoms with Crippen LogP contribution >= 0.6 is 11.3 Å². The van der Waals surface area contributed by atoms with Gasteiger partial charge in [0.05, 0.1) is 12.5 Å². The molecule has 0 aliphatic carbocycles. The molecule has 0 aliphatic rings. The second-order valence-corrected chi connectivity index (χ2v) is 6.72. The first kappa shape index (κ1) is 14.1. The fourth-order valence-corrected chi connectivity index (χ4v) is 3.78. The van der Waals surface area contributed by atoms with Crippen molar-refractivity contribution >= 4 is 27.2 Å². The first-order valence-electron chi connectivity index (χ1n) is 7.36. The molecule has 116 valence electrons. The summed E-state index contributed by atoms with van der Waals surface area (Å²) in [6.07, 6.45) is 0. The molecule has 0 N–H and O–H groups in total. The summed E-state index contributed by atoms with van der Waals surface area (Å²) in [7, 11) is 1.66. The van der Waals surface area contributed by atoms with Crippen molar-refractivity contribution in [1.82, 2.24) is 19.6 Å². The number of ether oxygens (including phenoxy) is 1. The summed E-state index contributed by atoms with van der Waals surface area (Å²) in [6.45, 7) is 6.20. The van der Waals surface area contributed by atoms with Gasteiger partial charge in [0.2, 0.25) is 0 Å². The summed E-state index contributed by atoms with van der Waals surface area (Å²) in [4.78, 5) is 11.8. The molecule has 5 nitrogen and oxygen atoms in total. The molecule has 0 bridgehead atoms. The molecule has 23 heavy (non-hydrogen) atoms. The van der Waals surface area contributed by atoms with Gasteiger partial charge >= 0.3 is 0 Å². The van der Waals surface area contributed by atoms with Crippen LogP contribution in [0.2, 0.25) is 0 Å². The molecular weight excluding hydrogens is 308 g/mol. The first-order chi connectivity index (χ1) is 11.1. The summed E-state index contributed by atoms with van der Waals surface area (Å²) < 4.78 is 7.04. The molecule has 3 heterocycles. The Morgan fingerprint density at radius 3 is 2.48 bits per heavy atom. The zero-order chi connectivity index (χ0) is 16.1. The van der Waals surface area contributed by atoms with Gasteiger partial charge in [-0.3, -0.25) is 0 Å². The number of hydrogen-bond donors (Lipinski definition) is 0. The second-order valence-electron chi connectivity index (χ2n) is 5.52. The van der Waals surface area contributed by atoms with Crippen LogP contribution in [0.5, 0.6) is 5.75 Å². The lowest BCUT2D eigenvalue weighted by Crippen LogP contribution is -1.97. The van der Waals surface area contributed by atoms with Gasteiger partial charge < -0.3 is 4.74 Å². The summed E-state index contributed by atoms with van der Waals surface area (Å²) in [5, 5.41) is 5.75. The van der Waals surface area contributed by atoms with E-state index in [1.54, 1.807) is 18.4 Å². The van der Waals surface area contributed by atoms with Gasteiger partial charge in [-0.05, 0) is 50.6 Å². The highest BCUT2D eigenvalue weighted by atomic mass is 32.1. The van der Waals surface area contributed by atoms with Crippen LogP contribution in [0.25, 0.3) is 27.3 Å². The number of nitrogens with zero attached hydrogens (tertiary/aromatic N) is 4. The van der Waals surface area contributed by atoms with Gasteiger partial charge in [-0.15, -0.1) is 16.4 Å². The Bertz CT molecular complexity index is 1030. The van der Waals surface area contributed by atoms with Crippen LogP contribution < -0.4 is 4.74 Å². The minimum absolute atomic E-state index is 0.702. The van der Waals surface area contributed by atoms with Crippen LogP contribution in [-0.4, -0.2) is 26.7 Å². The summed E-state index contributed by atoms with van der Waals surface area (Å²) in [5.41, 5.74) is 3.07. The minimum atomic E-state index is 0.702. The Hall–Kier alpha value is -2.47. The monoisotopic (exact) mass is 324 g/mol. The number of aryl methyl sites for hydroxylation is 3. The van der Waals surface area contributed by atoms with Crippen molar-refractivity contribution in [1.29, 1.82) is 0 Å². The van der Waals surface area contributed by atoms with E-state index in [1.807, 2.05) is 35.7 Å². The Kier molecular flexibility index (Phi) is 3.09. The second kappa shape index (κ2) is 5.03. The van der Waals surface area contributed by atoms with Crippen LogP contribution in [0.4, 0.5) is 0 Å². The molecule has 0 radical (unpaired) electrons. The van der Waals surface area contributed by atoms with Gasteiger partial charge in [0.25, 0.3) is 0 Å². The maximum absolute atomic E-state index is 5.20. The van der Waals surface area contributed by atoms with Crippen molar-refractivity contribution in [2.45, 2.75) is 20.8 Å². The van der Waals surface area contributed by atoms with Crippen LogP contribution in [0, 0.1) is 20.8 Å². The third-order valence-electron chi connectivity index (χ3n) is 4.12. The minimum Gasteiger partial charge on any atom is -0.497 e. The van der Waals surface area contributed by atoms with Crippen molar-refractivity contribution in [3.8, 4) is 17.1 Å². The molecule has 0 aliphatic heterocycles. The van der Waals surface area contributed by atoms with Gasteiger partial charge in [-0.25, -0.2) is 9.97 Å². The van der Waals surface area contributed by atoms with Gasteiger partial charge in [-0.2, -0.15) is 4.52 Å². The molecule has 0 saturated heterocycles. The average Bonchev–Trinajstić information content (AvgIpc) is 3.10. The molecule has 4 rings (SSSR count). The lowest BCUT2D eigenvalue weighted by molar-refractivity contribution is 0.415. The molecule has 3 aromatic heterocycles. The number of rotatable bonds is 2. The van der Waals surface area contributed by atoms with E-state index in [0.29, 0.717) is 5.82 Å². The SMILES string of the molecule is COc1ccc(-c2nc3c4c(C)c(C)sc4nc(C)n3n2)cc1. The van der Waals surface area contributed by atoms with Gasteiger partial charge in [0, 0.05) is 10.4 Å². The predicted octanol–water partition coefficient (Wildman–Crippen LogP) is 3.94. The third kappa shape index (κ3) is 2.09. The molecule has 1 aromatic carbocycles. The first-order valence-corrected chi connectivity index (χ1v) is 8.17. The highest BCUT2D eigenvalue weighted by Gasteiger charge is 2.16. The highest BCUT2D eigenvalue weighted by molar-refractivity contribution is 7.18. The number of hydrogen-bond acceptors (Lipinski definition) is 5. The maximum atomic E-state index is 5.20. The van der Waals surface area contributed by atoms with E-state index in [1.165, 1.54) is 10.4 Å². The van der Waals surface area contributed by atoms with E-state index < -0.39 is 0 Å². The quantitative estimate of drug-likeness (QED) is 0.560. The molecule has 0 unspecified atom stereocenters. The Balaban J connectivity index is 1.99. The van der Waals surface area contributed by atoms with Crippen LogP contribution in [0.1, 0.15) is 16.3 Å². The normalized spacial score (nSPS) is 11.5. The molecule has 0 fully saturated rings. The van der Waals surface area contributed by atoms with Crippen molar-refractivity contribution in [2.24, 2.45) is 0 Å². The zero-order valence-corrected chi connectivity index (χ0v) is 14.2. The topological polar surface area (TPSA) is 52.3 Å². The van der Waals surface area contributed by atoms with Gasteiger partial charge in [-0.1, -0.05) is 0 Å². The Morgan fingerprint density at radius 1 is 1.04 bits per heavy atom. The Morgan fingerprint density at radius 2 is 1.78 bits per heavy atom. The fraction of sp³-hybridized carbons (Fsp3) is 0.235. The van der Waals surface area contributed by atoms with E-state index >= 15 is 0 Å². The smallest absolute Gasteiger partial charge is 0.182 e. The molecule has 0 amide bonds. The lowest BCUT2D eigenvalue weighted by atomic mass is 10.2. The van der Waals surface area contributed by atoms with Crippen molar-refractivity contribution < 1.29 is 4.74 Å². The van der Waals surface area contributed by atoms with Crippen LogP contribution in [0.15, 0.2) is 24.3 Å². The molecule has 0 atom stereocenters. The number of methoxy groups -OCH3 is 1.